The molecule has 0 aliphatic carbocycles. The third kappa shape index (κ3) is 8.58. The lowest BCUT2D eigenvalue weighted by Gasteiger charge is -2.32. The fourth-order valence-electron chi connectivity index (χ4n) is 1.60. The number of ether oxygens (including phenoxy) is 2. The van der Waals surface area contributed by atoms with Crippen molar-refractivity contribution in [2.75, 3.05) is 26.4 Å². The molecule has 3 heteroatoms. The highest BCUT2D eigenvalue weighted by Gasteiger charge is 2.26. The second-order valence-corrected chi connectivity index (χ2v) is 5.66. The summed E-state index contributed by atoms with van der Waals surface area (Å²) in [6, 6.07) is 0. The van der Waals surface area contributed by atoms with Crippen LogP contribution in [0, 0.1) is 11.8 Å². The summed E-state index contributed by atoms with van der Waals surface area (Å²) in [4.78, 5) is 0. The molecule has 1 atom stereocenters. The standard InChI is InChI=1S/C14H30O3/c1-12(2)6-7-13(3)14(4,5)17-11-10-16-9-8-15/h12-13,15H,6-11H2,1-5H3. The summed E-state index contributed by atoms with van der Waals surface area (Å²) < 4.78 is 11.0. The van der Waals surface area contributed by atoms with Crippen molar-refractivity contribution in [3.63, 3.8) is 0 Å². The van der Waals surface area contributed by atoms with Crippen LogP contribution in [0.1, 0.15) is 47.5 Å². The quantitative estimate of drug-likeness (QED) is 0.602. The first-order valence-corrected chi connectivity index (χ1v) is 6.72. The van der Waals surface area contributed by atoms with E-state index in [4.69, 9.17) is 14.6 Å². The van der Waals surface area contributed by atoms with Crippen LogP contribution in [-0.2, 0) is 9.47 Å². The van der Waals surface area contributed by atoms with Crippen LogP contribution in [0.4, 0.5) is 0 Å². The number of aliphatic hydroxyl groups excluding tert-OH is 1. The van der Waals surface area contributed by atoms with E-state index >= 15 is 0 Å². The zero-order chi connectivity index (χ0) is 13.3. The van der Waals surface area contributed by atoms with E-state index in [-0.39, 0.29) is 12.2 Å². The highest BCUT2D eigenvalue weighted by atomic mass is 16.5. The molecule has 0 aliphatic rings. The van der Waals surface area contributed by atoms with Gasteiger partial charge in [0.1, 0.15) is 0 Å². The minimum absolute atomic E-state index is 0.0776. The van der Waals surface area contributed by atoms with Crippen molar-refractivity contribution >= 4 is 0 Å². The fraction of sp³-hybridized carbons (Fsp3) is 1.00. The van der Waals surface area contributed by atoms with E-state index in [1.165, 1.54) is 12.8 Å². The Kier molecular flexibility index (Phi) is 8.83. The van der Waals surface area contributed by atoms with Crippen molar-refractivity contribution in [3.8, 4) is 0 Å². The van der Waals surface area contributed by atoms with E-state index < -0.39 is 0 Å². The summed E-state index contributed by atoms with van der Waals surface area (Å²) in [5, 5.41) is 8.57. The van der Waals surface area contributed by atoms with E-state index in [1.54, 1.807) is 0 Å². The predicted octanol–water partition coefficient (Wildman–Crippen LogP) is 2.86. The molecule has 0 bridgehead atoms. The average Bonchev–Trinajstić information content (AvgIpc) is 2.25. The molecule has 0 radical (unpaired) electrons. The Morgan fingerprint density at radius 1 is 1.00 bits per heavy atom. The van der Waals surface area contributed by atoms with E-state index in [2.05, 4.69) is 34.6 Å². The molecule has 0 fully saturated rings. The smallest absolute Gasteiger partial charge is 0.0707 e. The van der Waals surface area contributed by atoms with Gasteiger partial charge in [0.15, 0.2) is 0 Å². The summed E-state index contributed by atoms with van der Waals surface area (Å²) in [5.74, 6) is 1.30. The van der Waals surface area contributed by atoms with E-state index in [0.29, 0.717) is 25.7 Å². The van der Waals surface area contributed by atoms with Gasteiger partial charge in [0.2, 0.25) is 0 Å². The van der Waals surface area contributed by atoms with E-state index in [1.807, 2.05) is 0 Å². The minimum Gasteiger partial charge on any atom is -0.394 e. The molecule has 0 aliphatic heterocycles. The van der Waals surface area contributed by atoms with Crippen LogP contribution in [0.15, 0.2) is 0 Å². The lowest BCUT2D eigenvalue weighted by atomic mass is 9.86. The highest BCUT2D eigenvalue weighted by Crippen LogP contribution is 2.26. The van der Waals surface area contributed by atoms with Gasteiger partial charge in [0.25, 0.3) is 0 Å². The summed E-state index contributed by atoms with van der Waals surface area (Å²) in [5.41, 5.74) is -0.0997. The van der Waals surface area contributed by atoms with Crippen molar-refractivity contribution < 1.29 is 14.6 Å². The second-order valence-electron chi connectivity index (χ2n) is 5.66. The SMILES string of the molecule is CC(C)CCC(C)C(C)(C)OCCOCCO. The monoisotopic (exact) mass is 246 g/mol. The van der Waals surface area contributed by atoms with Gasteiger partial charge >= 0.3 is 0 Å². The van der Waals surface area contributed by atoms with E-state index in [0.717, 1.165) is 5.92 Å². The van der Waals surface area contributed by atoms with Crippen LogP contribution in [0.25, 0.3) is 0 Å². The molecule has 17 heavy (non-hydrogen) atoms. The predicted molar refractivity (Wildman–Crippen MR) is 71.2 cm³/mol. The molecule has 104 valence electrons. The molecule has 0 heterocycles. The van der Waals surface area contributed by atoms with Gasteiger partial charge in [-0.25, -0.2) is 0 Å². The maximum Gasteiger partial charge on any atom is 0.0707 e. The fourth-order valence-corrected chi connectivity index (χ4v) is 1.60. The lowest BCUT2D eigenvalue weighted by Crippen LogP contribution is -2.34. The van der Waals surface area contributed by atoms with Gasteiger partial charge < -0.3 is 14.6 Å². The van der Waals surface area contributed by atoms with Crippen molar-refractivity contribution in [2.45, 2.75) is 53.1 Å². The molecule has 0 aromatic rings. The first kappa shape index (κ1) is 16.9. The first-order valence-electron chi connectivity index (χ1n) is 6.72. The molecule has 0 saturated carbocycles. The molecule has 1 unspecified atom stereocenters. The minimum atomic E-state index is -0.0997. The van der Waals surface area contributed by atoms with Gasteiger partial charge in [0.05, 0.1) is 32.0 Å². The van der Waals surface area contributed by atoms with Crippen LogP contribution in [-0.4, -0.2) is 37.1 Å². The Labute approximate surface area is 107 Å². The molecular formula is C14H30O3. The molecular weight excluding hydrogens is 216 g/mol. The van der Waals surface area contributed by atoms with Crippen LogP contribution in [0.5, 0.6) is 0 Å². The number of rotatable bonds is 10. The largest absolute Gasteiger partial charge is 0.394 e. The van der Waals surface area contributed by atoms with Crippen molar-refractivity contribution in [3.05, 3.63) is 0 Å². The van der Waals surface area contributed by atoms with Crippen molar-refractivity contribution in [2.24, 2.45) is 11.8 Å². The molecule has 0 amide bonds. The average molecular weight is 246 g/mol. The number of aliphatic hydroxyl groups is 1. The Hall–Kier alpha value is -0.120. The summed E-state index contributed by atoms with van der Waals surface area (Å²) in [7, 11) is 0. The summed E-state index contributed by atoms with van der Waals surface area (Å²) in [6.07, 6.45) is 2.44. The van der Waals surface area contributed by atoms with Gasteiger partial charge in [-0.05, 0) is 32.1 Å². The molecule has 0 aromatic heterocycles. The topological polar surface area (TPSA) is 38.7 Å². The molecule has 0 aromatic carbocycles. The van der Waals surface area contributed by atoms with Crippen LogP contribution in [0.2, 0.25) is 0 Å². The Balaban J connectivity index is 3.75. The maximum atomic E-state index is 8.57. The van der Waals surface area contributed by atoms with Gasteiger partial charge in [0, 0.05) is 0 Å². The normalized spacial score (nSPS) is 14.3. The third-order valence-corrected chi connectivity index (χ3v) is 3.30. The zero-order valence-corrected chi connectivity index (χ0v) is 12.2. The second kappa shape index (κ2) is 8.90. The molecule has 0 rings (SSSR count). The molecule has 3 nitrogen and oxygen atoms in total. The lowest BCUT2D eigenvalue weighted by molar-refractivity contribution is -0.0795. The maximum absolute atomic E-state index is 8.57. The highest BCUT2D eigenvalue weighted by molar-refractivity contribution is 4.76. The van der Waals surface area contributed by atoms with Gasteiger partial charge in [-0.1, -0.05) is 27.2 Å². The van der Waals surface area contributed by atoms with E-state index in [9.17, 15) is 0 Å². The van der Waals surface area contributed by atoms with Crippen molar-refractivity contribution in [1.82, 2.24) is 0 Å². The Morgan fingerprint density at radius 2 is 1.65 bits per heavy atom. The van der Waals surface area contributed by atoms with Crippen LogP contribution in [0.3, 0.4) is 0 Å². The third-order valence-electron chi connectivity index (χ3n) is 3.30. The van der Waals surface area contributed by atoms with Crippen molar-refractivity contribution in [1.29, 1.82) is 0 Å². The molecule has 1 N–H and O–H groups in total. The molecule has 0 saturated heterocycles. The van der Waals surface area contributed by atoms with Gasteiger partial charge in [-0.15, -0.1) is 0 Å². The zero-order valence-electron chi connectivity index (χ0n) is 12.2. The summed E-state index contributed by atoms with van der Waals surface area (Å²) in [6.45, 7) is 12.7. The Bertz CT molecular complexity index is 178. The van der Waals surface area contributed by atoms with Gasteiger partial charge in [-0.3, -0.25) is 0 Å². The van der Waals surface area contributed by atoms with Gasteiger partial charge in [-0.2, -0.15) is 0 Å². The summed E-state index contributed by atoms with van der Waals surface area (Å²) >= 11 is 0. The van der Waals surface area contributed by atoms with Crippen LogP contribution < -0.4 is 0 Å². The number of hydrogen-bond acceptors (Lipinski definition) is 3. The van der Waals surface area contributed by atoms with Crippen LogP contribution >= 0.6 is 0 Å². The molecule has 0 spiro atoms. The number of hydrogen-bond donors (Lipinski definition) is 1. The Morgan fingerprint density at radius 3 is 2.18 bits per heavy atom. The first-order chi connectivity index (χ1) is 7.90.